The minimum atomic E-state index is 0.0584. The van der Waals surface area contributed by atoms with E-state index in [0.29, 0.717) is 0 Å². The molecule has 0 aliphatic heterocycles. The summed E-state index contributed by atoms with van der Waals surface area (Å²) in [5.74, 6) is 6.39. The molecule has 1 aromatic heterocycles. The summed E-state index contributed by atoms with van der Waals surface area (Å²) in [6.45, 7) is 13.1. The van der Waals surface area contributed by atoms with Gasteiger partial charge in [-0.25, -0.2) is 0 Å². The molecule has 156 valence electrons. The summed E-state index contributed by atoms with van der Waals surface area (Å²) in [6, 6.07) is 11.1. The number of hydrogen-bond donors (Lipinski definition) is 0. The highest BCUT2D eigenvalue weighted by molar-refractivity contribution is 7.07. The smallest absolute Gasteiger partial charge is 0.0506 e. The van der Waals surface area contributed by atoms with Crippen molar-refractivity contribution in [1.82, 2.24) is 4.90 Å². The fourth-order valence-electron chi connectivity index (χ4n) is 2.88. The van der Waals surface area contributed by atoms with E-state index in [0.717, 1.165) is 45.7 Å². The molecule has 0 aliphatic rings. The Labute approximate surface area is 181 Å². The molecule has 0 atom stereocenters. The summed E-state index contributed by atoms with van der Waals surface area (Å²) in [7, 11) is 0. The van der Waals surface area contributed by atoms with Gasteiger partial charge in [0, 0.05) is 18.5 Å². The summed E-state index contributed by atoms with van der Waals surface area (Å²) in [4.78, 5) is 2.42. The summed E-state index contributed by atoms with van der Waals surface area (Å²) in [6.07, 6.45) is 6.11. The topological polar surface area (TPSA) is 12.5 Å². The second-order valence-corrected chi connectivity index (χ2v) is 9.09. The minimum Gasteiger partial charge on any atom is -0.381 e. The second kappa shape index (κ2) is 12.6. The van der Waals surface area contributed by atoms with Crippen LogP contribution in [0.15, 0.2) is 53.2 Å². The third-order valence-electron chi connectivity index (χ3n) is 4.51. The summed E-state index contributed by atoms with van der Waals surface area (Å²) >= 11 is 1.75. The minimum absolute atomic E-state index is 0.0584. The van der Waals surface area contributed by atoms with Crippen LogP contribution in [0.5, 0.6) is 0 Å². The number of thiophene rings is 1. The molecule has 3 heteroatoms. The highest BCUT2D eigenvalue weighted by Crippen LogP contribution is 2.11. The lowest BCUT2D eigenvalue weighted by molar-refractivity contribution is 0.140. The van der Waals surface area contributed by atoms with Gasteiger partial charge in [-0.15, -0.1) is 0 Å². The van der Waals surface area contributed by atoms with E-state index in [4.69, 9.17) is 4.74 Å². The molecule has 0 unspecified atom stereocenters. The SMILES string of the molecule is CCN(C/C=C/C#CC(C)(C)C)Cc1cccc(CCOCCc2ccsc2)c1. The van der Waals surface area contributed by atoms with Crippen molar-refractivity contribution in [3.8, 4) is 11.8 Å². The van der Waals surface area contributed by atoms with Gasteiger partial charge in [0.15, 0.2) is 0 Å². The van der Waals surface area contributed by atoms with E-state index >= 15 is 0 Å². The molecule has 2 rings (SSSR count). The molecule has 29 heavy (non-hydrogen) atoms. The number of nitrogens with zero attached hydrogens (tertiary/aromatic N) is 1. The largest absolute Gasteiger partial charge is 0.381 e. The molecule has 0 fully saturated rings. The molecular weight excluding hydrogens is 374 g/mol. The average molecular weight is 410 g/mol. The predicted octanol–water partition coefficient (Wildman–Crippen LogP) is 5.98. The van der Waals surface area contributed by atoms with Crippen molar-refractivity contribution in [2.24, 2.45) is 5.41 Å². The van der Waals surface area contributed by atoms with Crippen molar-refractivity contribution >= 4 is 11.3 Å². The number of benzene rings is 1. The maximum Gasteiger partial charge on any atom is 0.0506 e. The van der Waals surface area contributed by atoms with E-state index < -0.39 is 0 Å². The summed E-state index contributed by atoms with van der Waals surface area (Å²) in [5.41, 5.74) is 4.13. The van der Waals surface area contributed by atoms with Gasteiger partial charge < -0.3 is 4.74 Å². The monoisotopic (exact) mass is 409 g/mol. The zero-order valence-electron chi connectivity index (χ0n) is 18.4. The maximum atomic E-state index is 5.83. The third-order valence-corrected chi connectivity index (χ3v) is 5.24. The molecular formula is C26H35NOS. The van der Waals surface area contributed by atoms with E-state index in [1.54, 1.807) is 11.3 Å². The van der Waals surface area contributed by atoms with Crippen molar-refractivity contribution in [2.45, 2.75) is 47.1 Å². The lowest BCUT2D eigenvalue weighted by Crippen LogP contribution is -2.22. The standard InChI is InChI=1S/C26H35NOS/c1-5-27(16-8-6-7-15-26(2,3)4)21-25-11-9-10-23(20-25)12-17-28-18-13-24-14-19-29-22-24/h6,8-11,14,19-20,22H,5,12-13,16-18,21H2,1-4H3/b8-6+. The number of rotatable bonds is 11. The normalized spacial score (nSPS) is 11.8. The molecule has 1 aromatic carbocycles. The zero-order chi connectivity index (χ0) is 21.0. The molecule has 1 heterocycles. The van der Waals surface area contributed by atoms with E-state index in [1.165, 1.54) is 16.7 Å². The van der Waals surface area contributed by atoms with Crippen molar-refractivity contribution in [1.29, 1.82) is 0 Å². The average Bonchev–Trinajstić information content (AvgIpc) is 3.19. The van der Waals surface area contributed by atoms with Crippen molar-refractivity contribution in [2.75, 3.05) is 26.3 Å². The van der Waals surface area contributed by atoms with E-state index in [1.807, 2.05) is 6.08 Å². The number of allylic oxidation sites excluding steroid dienone is 1. The first-order chi connectivity index (χ1) is 14.0. The first-order valence-corrected chi connectivity index (χ1v) is 11.5. The number of ether oxygens (including phenoxy) is 1. The van der Waals surface area contributed by atoms with Gasteiger partial charge in [0.25, 0.3) is 0 Å². The van der Waals surface area contributed by atoms with Crippen LogP contribution in [0.3, 0.4) is 0 Å². The molecule has 0 N–H and O–H groups in total. The molecule has 0 bridgehead atoms. The maximum absolute atomic E-state index is 5.83. The lowest BCUT2D eigenvalue weighted by atomic mass is 9.98. The van der Waals surface area contributed by atoms with Crippen LogP contribution >= 0.6 is 11.3 Å². The van der Waals surface area contributed by atoms with Crippen molar-refractivity contribution in [3.05, 3.63) is 69.9 Å². The van der Waals surface area contributed by atoms with Crippen LogP contribution in [0, 0.1) is 17.3 Å². The molecule has 0 saturated heterocycles. The van der Waals surface area contributed by atoms with Crippen LogP contribution in [0.25, 0.3) is 0 Å². The first-order valence-electron chi connectivity index (χ1n) is 10.5. The number of likely N-dealkylation sites (N-methyl/N-ethyl adjacent to an activating group) is 1. The zero-order valence-corrected chi connectivity index (χ0v) is 19.2. The van der Waals surface area contributed by atoms with E-state index in [2.05, 4.69) is 91.6 Å². The van der Waals surface area contributed by atoms with Crippen LogP contribution < -0.4 is 0 Å². The molecule has 0 saturated carbocycles. The Kier molecular flexibility index (Phi) is 10.2. The Morgan fingerprint density at radius 3 is 2.52 bits per heavy atom. The molecule has 0 amide bonds. The van der Waals surface area contributed by atoms with Gasteiger partial charge in [-0.3, -0.25) is 4.90 Å². The highest BCUT2D eigenvalue weighted by atomic mass is 32.1. The van der Waals surface area contributed by atoms with Gasteiger partial charge in [0.2, 0.25) is 0 Å². The van der Waals surface area contributed by atoms with Gasteiger partial charge in [-0.05, 0) is 79.8 Å². The molecule has 2 aromatic rings. The molecule has 2 nitrogen and oxygen atoms in total. The Morgan fingerprint density at radius 1 is 1.07 bits per heavy atom. The summed E-state index contributed by atoms with van der Waals surface area (Å²) < 4.78 is 5.83. The lowest BCUT2D eigenvalue weighted by Gasteiger charge is -2.19. The van der Waals surface area contributed by atoms with E-state index in [9.17, 15) is 0 Å². The Morgan fingerprint density at radius 2 is 1.83 bits per heavy atom. The predicted molar refractivity (Wildman–Crippen MR) is 126 cm³/mol. The highest BCUT2D eigenvalue weighted by Gasteiger charge is 2.04. The van der Waals surface area contributed by atoms with E-state index in [-0.39, 0.29) is 5.41 Å². The second-order valence-electron chi connectivity index (χ2n) is 8.31. The Bertz CT molecular complexity index is 790. The van der Waals surface area contributed by atoms with Crippen LogP contribution in [0.4, 0.5) is 0 Å². The van der Waals surface area contributed by atoms with Crippen LogP contribution in [-0.2, 0) is 24.1 Å². The van der Waals surface area contributed by atoms with Crippen molar-refractivity contribution in [3.63, 3.8) is 0 Å². The first kappa shape index (κ1) is 23.4. The fourth-order valence-corrected chi connectivity index (χ4v) is 3.59. The van der Waals surface area contributed by atoms with Crippen molar-refractivity contribution < 1.29 is 4.74 Å². The van der Waals surface area contributed by atoms with Crippen LogP contribution in [0.1, 0.15) is 44.4 Å². The van der Waals surface area contributed by atoms with Gasteiger partial charge in [-0.1, -0.05) is 49.1 Å². The van der Waals surface area contributed by atoms with Gasteiger partial charge in [-0.2, -0.15) is 11.3 Å². The Balaban J connectivity index is 1.74. The quantitative estimate of drug-likeness (QED) is 0.334. The molecule has 0 radical (unpaired) electrons. The number of hydrogen-bond acceptors (Lipinski definition) is 3. The third kappa shape index (κ3) is 10.5. The fraction of sp³-hybridized carbons (Fsp3) is 0.462. The van der Waals surface area contributed by atoms with Crippen LogP contribution in [0.2, 0.25) is 0 Å². The molecule has 0 spiro atoms. The van der Waals surface area contributed by atoms with Gasteiger partial charge in [0.1, 0.15) is 0 Å². The van der Waals surface area contributed by atoms with Gasteiger partial charge in [0.05, 0.1) is 13.2 Å². The summed E-state index contributed by atoms with van der Waals surface area (Å²) in [5, 5.41) is 4.31. The Hall–Kier alpha value is -1.86. The molecule has 0 aliphatic carbocycles. The van der Waals surface area contributed by atoms with Crippen LogP contribution in [-0.4, -0.2) is 31.2 Å². The van der Waals surface area contributed by atoms with Gasteiger partial charge >= 0.3 is 0 Å².